The van der Waals surface area contributed by atoms with Gasteiger partial charge < -0.3 is 0 Å². The first-order valence-electron chi connectivity index (χ1n) is 10.3. The standard InChI is InChI=1S/C17H21N3O4S.C6H4/c1-25(22,23)19-17(21)20(15-7-3-4-8-15)24-12-14-11-10-13-6-2-5-9-16(13)18-14;1-2-6-4-3-5(1)6/h2,5-6,9-11,15H,3-4,7-8,12H2,1H3,(H,19,21);1-4H. The highest BCUT2D eigenvalue weighted by atomic mass is 32.2. The number of nitrogens with one attached hydrogen (secondary N) is 1. The van der Waals surface area contributed by atoms with E-state index in [1.807, 2.05) is 41.1 Å². The van der Waals surface area contributed by atoms with Crippen LogP contribution in [0.3, 0.4) is 0 Å². The minimum Gasteiger partial charge on any atom is -0.263 e. The van der Waals surface area contributed by atoms with Crippen molar-refractivity contribution in [3.63, 3.8) is 0 Å². The number of hydroxylamine groups is 2. The quantitative estimate of drug-likeness (QED) is 0.477. The lowest BCUT2D eigenvalue weighted by Gasteiger charge is -2.27. The normalized spacial score (nSPS) is 14.6. The molecule has 3 aliphatic carbocycles. The van der Waals surface area contributed by atoms with Gasteiger partial charge in [-0.05, 0) is 35.4 Å². The fraction of sp³-hybridized carbons (Fsp3) is 0.304. The van der Waals surface area contributed by atoms with E-state index in [1.54, 1.807) is 0 Å². The summed E-state index contributed by atoms with van der Waals surface area (Å²) in [5.41, 5.74) is 1.52. The van der Waals surface area contributed by atoms with E-state index in [1.165, 1.54) is 10.4 Å². The zero-order valence-corrected chi connectivity index (χ0v) is 18.1. The molecular formula is C23H25N3O4S. The number of hydrogen-bond donors (Lipinski definition) is 1. The Morgan fingerprint density at radius 2 is 1.68 bits per heavy atom. The largest absolute Gasteiger partial charge is 0.355 e. The molecule has 8 heteroatoms. The van der Waals surface area contributed by atoms with Crippen molar-refractivity contribution in [3.8, 4) is 0 Å². The Kier molecular flexibility index (Phi) is 6.20. The number of carbonyl (C=O) groups is 1. The Bertz CT molecular complexity index is 1240. The number of amides is 2. The molecule has 1 fully saturated rings. The second kappa shape index (κ2) is 9.03. The molecular weight excluding hydrogens is 414 g/mol. The van der Waals surface area contributed by atoms with Gasteiger partial charge in [0.15, 0.2) is 0 Å². The molecule has 31 heavy (non-hydrogen) atoms. The van der Waals surface area contributed by atoms with Crippen LogP contribution in [-0.2, 0) is 21.5 Å². The van der Waals surface area contributed by atoms with Gasteiger partial charge in [0.05, 0.1) is 23.5 Å². The van der Waals surface area contributed by atoms with Gasteiger partial charge in [-0.25, -0.2) is 17.9 Å². The molecule has 3 aliphatic rings. The second-order valence-corrected chi connectivity index (χ2v) is 9.54. The number of hydrogen-bond acceptors (Lipinski definition) is 5. The lowest BCUT2D eigenvalue weighted by atomic mass is 10.1. The van der Waals surface area contributed by atoms with E-state index < -0.39 is 16.1 Å². The Balaban J connectivity index is 0.000000325. The summed E-state index contributed by atoms with van der Waals surface area (Å²) in [5, 5.41) is 5.03. The average Bonchev–Trinajstić information content (AvgIpc) is 3.24. The van der Waals surface area contributed by atoms with Crippen molar-refractivity contribution in [3.05, 3.63) is 76.8 Å². The summed E-state index contributed by atoms with van der Waals surface area (Å²) in [5.74, 6) is 0. The average molecular weight is 440 g/mol. The summed E-state index contributed by atoms with van der Waals surface area (Å²) >= 11 is 0. The van der Waals surface area contributed by atoms with Gasteiger partial charge >= 0.3 is 6.03 Å². The van der Waals surface area contributed by atoms with Gasteiger partial charge in [0.1, 0.15) is 6.61 Å². The number of carbonyl (C=O) groups excluding carboxylic acids is 1. The molecule has 0 radical (unpaired) electrons. The van der Waals surface area contributed by atoms with Crippen LogP contribution in [0.2, 0.25) is 0 Å². The topological polar surface area (TPSA) is 88.6 Å². The van der Waals surface area contributed by atoms with Crippen molar-refractivity contribution >= 4 is 27.0 Å². The number of sulfonamides is 1. The summed E-state index contributed by atoms with van der Waals surface area (Å²) in [4.78, 5) is 22.4. The third kappa shape index (κ3) is 5.39. The van der Waals surface area contributed by atoms with Crippen LogP contribution in [0, 0.1) is 10.4 Å². The summed E-state index contributed by atoms with van der Waals surface area (Å²) in [6, 6.07) is 19.1. The SMILES string of the molecule is CS(=O)(=O)NC(=O)N(OCc1ccc2ccccc2n1)C1CCCC1.c1cc2ccc1=2. The molecule has 1 saturated carbocycles. The van der Waals surface area contributed by atoms with Gasteiger partial charge in [-0.15, -0.1) is 0 Å². The van der Waals surface area contributed by atoms with Crippen LogP contribution in [-0.4, -0.2) is 36.8 Å². The summed E-state index contributed by atoms with van der Waals surface area (Å²) in [6.45, 7) is 0.0958. The molecule has 7 nitrogen and oxygen atoms in total. The minimum atomic E-state index is -3.65. The van der Waals surface area contributed by atoms with Gasteiger partial charge in [-0.3, -0.25) is 9.82 Å². The van der Waals surface area contributed by atoms with E-state index in [0.29, 0.717) is 5.69 Å². The summed E-state index contributed by atoms with van der Waals surface area (Å²) in [7, 11) is -3.65. The third-order valence-electron chi connectivity index (χ3n) is 5.36. The molecule has 1 aromatic heterocycles. The maximum atomic E-state index is 12.3. The fourth-order valence-corrected chi connectivity index (χ4v) is 4.07. The van der Waals surface area contributed by atoms with Crippen LogP contribution < -0.4 is 4.72 Å². The van der Waals surface area contributed by atoms with Gasteiger partial charge in [-0.2, -0.15) is 5.06 Å². The molecule has 1 N–H and O–H groups in total. The fourth-order valence-electron chi connectivity index (χ4n) is 3.66. The van der Waals surface area contributed by atoms with E-state index in [0.717, 1.165) is 47.9 Å². The lowest BCUT2D eigenvalue weighted by Crippen LogP contribution is -2.46. The maximum Gasteiger partial charge on any atom is 0.355 e. The van der Waals surface area contributed by atoms with Crippen LogP contribution in [0.5, 0.6) is 0 Å². The number of urea groups is 1. The van der Waals surface area contributed by atoms with Crippen molar-refractivity contribution in [2.45, 2.75) is 38.3 Å². The molecule has 0 aliphatic heterocycles. The number of aromatic nitrogens is 1. The predicted molar refractivity (Wildman–Crippen MR) is 118 cm³/mol. The summed E-state index contributed by atoms with van der Waals surface area (Å²) < 4.78 is 24.7. The highest BCUT2D eigenvalue weighted by molar-refractivity contribution is 7.89. The zero-order valence-electron chi connectivity index (χ0n) is 17.3. The second-order valence-electron chi connectivity index (χ2n) is 7.79. The van der Waals surface area contributed by atoms with Crippen LogP contribution >= 0.6 is 0 Å². The van der Waals surface area contributed by atoms with E-state index in [4.69, 9.17) is 4.84 Å². The number of rotatable bonds is 5. The monoisotopic (exact) mass is 439 g/mol. The van der Waals surface area contributed by atoms with Crippen molar-refractivity contribution in [2.24, 2.45) is 0 Å². The number of para-hydroxylation sites is 1. The molecule has 2 amide bonds. The van der Waals surface area contributed by atoms with Crippen molar-refractivity contribution in [2.75, 3.05) is 6.26 Å². The minimum absolute atomic E-state index is 0.0958. The molecule has 1 aromatic carbocycles. The third-order valence-corrected chi connectivity index (χ3v) is 5.90. The molecule has 1 heterocycles. The zero-order chi connectivity index (χ0) is 21.8. The first-order valence-corrected chi connectivity index (χ1v) is 12.2. The maximum absolute atomic E-state index is 12.3. The molecule has 2 aromatic rings. The Morgan fingerprint density at radius 3 is 2.26 bits per heavy atom. The van der Waals surface area contributed by atoms with Crippen molar-refractivity contribution in [1.82, 2.24) is 14.8 Å². The van der Waals surface area contributed by atoms with E-state index >= 15 is 0 Å². The molecule has 0 spiro atoms. The van der Waals surface area contributed by atoms with Crippen LogP contribution in [0.1, 0.15) is 31.4 Å². The Morgan fingerprint density at radius 1 is 1.03 bits per heavy atom. The predicted octanol–water partition coefficient (Wildman–Crippen LogP) is 3.87. The van der Waals surface area contributed by atoms with Crippen molar-refractivity contribution < 1.29 is 18.0 Å². The molecule has 0 bridgehead atoms. The van der Waals surface area contributed by atoms with Crippen LogP contribution in [0.4, 0.5) is 4.79 Å². The lowest BCUT2D eigenvalue weighted by molar-refractivity contribution is -0.152. The van der Waals surface area contributed by atoms with Gasteiger partial charge in [-0.1, -0.05) is 61.4 Å². The summed E-state index contributed by atoms with van der Waals surface area (Å²) in [6.07, 6.45) is 4.52. The van der Waals surface area contributed by atoms with Crippen molar-refractivity contribution in [1.29, 1.82) is 0 Å². The Hall–Kier alpha value is -2.97. The molecule has 0 unspecified atom stereocenters. The smallest absolute Gasteiger partial charge is 0.263 e. The number of pyridine rings is 1. The van der Waals surface area contributed by atoms with Gasteiger partial charge in [0, 0.05) is 5.39 Å². The van der Waals surface area contributed by atoms with Gasteiger partial charge in [0.25, 0.3) is 0 Å². The molecule has 0 atom stereocenters. The van der Waals surface area contributed by atoms with Crippen LogP contribution in [0.15, 0.2) is 60.7 Å². The number of fused-ring (bicyclic) bond motifs is 1. The van der Waals surface area contributed by atoms with Gasteiger partial charge in [0.2, 0.25) is 10.0 Å². The van der Waals surface area contributed by atoms with E-state index in [9.17, 15) is 13.2 Å². The highest BCUT2D eigenvalue weighted by Gasteiger charge is 2.29. The Labute approximate surface area is 181 Å². The first-order chi connectivity index (χ1) is 14.9. The first kappa shape index (κ1) is 21.3. The van der Waals surface area contributed by atoms with E-state index in [2.05, 4.69) is 29.2 Å². The molecule has 5 rings (SSSR count). The van der Waals surface area contributed by atoms with E-state index in [-0.39, 0.29) is 12.6 Å². The molecule has 0 saturated heterocycles. The van der Waals surface area contributed by atoms with Crippen LogP contribution in [0.25, 0.3) is 10.9 Å². The number of nitrogens with zero attached hydrogens (tertiary/aromatic N) is 2. The number of benzene rings is 2. The highest BCUT2D eigenvalue weighted by Crippen LogP contribution is 2.24. The molecule has 162 valence electrons.